The van der Waals surface area contributed by atoms with E-state index in [0.717, 1.165) is 16.6 Å². The molecule has 0 unspecified atom stereocenters. The topological polar surface area (TPSA) is 42.2 Å². The summed E-state index contributed by atoms with van der Waals surface area (Å²) in [6, 6.07) is 14.6. The lowest BCUT2D eigenvalue weighted by Gasteiger charge is -2.09. The molecule has 5 heteroatoms. The molecule has 0 saturated heterocycles. The van der Waals surface area contributed by atoms with Gasteiger partial charge in [0.2, 0.25) is 0 Å². The first-order valence-corrected chi connectivity index (χ1v) is 7.57. The second kappa shape index (κ2) is 7.92. The van der Waals surface area contributed by atoms with Gasteiger partial charge in [-0.15, -0.1) is 0 Å². The lowest BCUT2D eigenvalue weighted by Crippen LogP contribution is -2.05. The first kappa shape index (κ1) is 15.7. The zero-order valence-electron chi connectivity index (χ0n) is 11.2. The Balaban J connectivity index is 1.72. The molecule has 0 radical (unpaired) electrons. The first-order valence-electron chi connectivity index (χ1n) is 6.40. The van der Waals surface area contributed by atoms with E-state index < -0.39 is 0 Å². The molecule has 108 valence electrons. The standard InChI is InChI=1S/C16H13BrClNO2/c17-13-4-7-15(18)16(10-13)21-9-1-8-20-14-5-2-12(11-19)3-6-14/h2-7,10H,1,8-9H2. The number of hydrogen-bond donors (Lipinski definition) is 0. The van der Waals surface area contributed by atoms with Crippen molar-refractivity contribution in [3.8, 4) is 17.6 Å². The molecule has 0 heterocycles. The Morgan fingerprint density at radius 2 is 1.76 bits per heavy atom. The van der Waals surface area contributed by atoms with Crippen LogP contribution in [0.4, 0.5) is 0 Å². The summed E-state index contributed by atoms with van der Waals surface area (Å²) < 4.78 is 12.1. The van der Waals surface area contributed by atoms with Crippen molar-refractivity contribution < 1.29 is 9.47 Å². The molecule has 0 spiro atoms. The Hall–Kier alpha value is -1.70. The Morgan fingerprint density at radius 1 is 1.05 bits per heavy atom. The van der Waals surface area contributed by atoms with Gasteiger partial charge in [-0.2, -0.15) is 5.26 Å². The van der Waals surface area contributed by atoms with Gasteiger partial charge in [0.1, 0.15) is 11.5 Å². The molecule has 0 aliphatic rings. The van der Waals surface area contributed by atoms with Crippen LogP contribution in [0.5, 0.6) is 11.5 Å². The maximum absolute atomic E-state index is 8.70. The van der Waals surface area contributed by atoms with E-state index in [9.17, 15) is 0 Å². The van der Waals surface area contributed by atoms with Crippen LogP contribution in [0.1, 0.15) is 12.0 Å². The number of halogens is 2. The highest BCUT2D eigenvalue weighted by Gasteiger charge is 2.02. The highest BCUT2D eigenvalue weighted by Crippen LogP contribution is 2.27. The van der Waals surface area contributed by atoms with Crippen LogP contribution >= 0.6 is 27.5 Å². The highest BCUT2D eigenvalue weighted by atomic mass is 79.9. The smallest absolute Gasteiger partial charge is 0.139 e. The second-order valence-electron chi connectivity index (χ2n) is 4.26. The molecule has 0 aromatic heterocycles. The van der Waals surface area contributed by atoms with E-state index in [-0.39, 0.29) is 0 Å². The molecule has 0 saturated carbocycles. The summed E-state index contributed by atoms with van der Waals surface area (Å²) in [5.41, 5.74) is 0.620. The van der Waals surface area contributed by atoms with Gasteiger partial charge in [0.25, 0.3) is 0 Å². The minimum atomic E-state index is 0.520. The van der Waals surface area contributed by atoms with E-state index in [2.05, 4.69) is 22.0 Å². The van der Waals surface area contributed by atoms with Crippen molar-refractivity contribution in [2.75, 3.05) is 13.2 Å². The summed E-state index contributed by atoms with van der Waals surface area (Å²) in [5.74, 6) is 1.40. The van der Waals surface area contributed by atoms with Crippen LogP contribution in [-0.2, 0) is 0 Å². The maximum atomic E-state index is 8.70. The van der Waals surface area contributed by atoms with Crippen molar-refractivity contribution in [2.45, 2.75) is 6.42 Å². The summed E-state index contributed by atoms with van der Waals surface area (Å²) in [6.45, 7) is 1.06. The molecule has 21 heavy (non-hydrogen) atoms. The summed E-state index contributed by atoms with van der Waals surface area (Å²) in [5, 5.41) is 9.29. The summed E-state index contributed by atoms with van der Waals surface area (Å²) in [6.07, 6.45) is 0.739. The second-order valence-corrected chi connectivity index (χ2v) is 5.58. The lowest BCUT2D eigenvalue weighted by molar-refractivity contribution is 0.247. The third-order valence-electron chi connectivity index (χ3n) is 2.69. The minimum absolute atomic E-state index is 0.520. The van der Waals surface area contributed by atoms with Crippen LogP contribution in [-0.4, -0.2) is 13.2 Å². The van der Waals surface area contributed by atoms with Crippen LogP contribution < -0.4 is 9.47 Å². The Labute approximate surface area is 137 Å². The van der Waals surface area contributed by atoms with Crippen molar-refractivity contribution in [2.24, 2.45) is 0 Å². The largest absolute Gasteiger partial charge is 0.493 e. The molecule has 0 atom stereocenters. The van der Waals surface area contributed by atoms with Crippen molar-refractivity contribution in [3.63, 3.8) is 0 Å². The first-order chi connectivity index (χ1) is 10.2. The van der Waals surface area contributed by atoms with Crippen LogP contribution in [0.2, 0.25) is 5.02 Å². The molecule has 2 aromatic rings. The van der Waals surface area contributed by atoms with Gasteiger partial charge in [0.15, 0.2) is 0 Å². The van der Waals surface area contributed by atoms with Gasteiger partial charge in [-0.1, -0.05) is 27.5 Å². The molecule has 0 aliphatic heterocycles. The van der Waals surface area contributed by atoms with E-state index in [0.29, 0.717) is 29.5 Å². The molecular weight excluding hydrogens is 354 g/mol. The van der Waals surface area contributed by atoms with Crippen molar-refractivity contribution in [1.29, 1.82) is 5.26 Å². The van der Waals surface area contributed by atoms with Gasteiger partial charge in [-0.3, -0.25) is 0 Å². The van der Waals surface area contributed by atoms with Gasteiger partial charge < -0.3 is 9.47 Å². The van der Waals surface area contributed by atoms with E-state index >= 15 is 0 Å². The van der Waals surface area contributed by atoms with E-state index in [1.165, 1.54) is 0 Å². The zero-order valence-corrected chi connectivity index (χ0v) is 13.5. The monoisotopic (exact) mass is 365 g/mol. The van der Waals surface area contributed by atoms with Gasteiger partial charge in [0, 0.05) is 10.9 Å². The Kier molecular flexibility index (Phi) is 5.91. The van der Waals surface area contributed by atoms with E-state index in [1.807, 2.05) is 12.1 Å². The molecule has 2 aromatic carbocycles. The number of nitrogens with zero attached hydrogens (tertiary/aromatic N) is 1. The quantitative estimate of drug-likeness (QED) is 0.688. The highest BCUT2D eigenvalue weighted by molar-refractivity contribution is 9.10. The van der Waals surface area contributed by atoms with Crippen LogP contribution in [0.15, 0.2) is 46.9 Å². The number of nitriles is 1. The van der Waals surface area contributed by atoms with Crippen molar-refractivity contribution in [3.05, 3.63) is 57.5 Å². The number of hydrogen-bond acceptors (Lipinski definition) is 3. The van der Waals surface area contributed by atoms with E-state index in [4.69, 9.17) is 26.3 Å². The number of ether oxygens (including phenoxy) is 2. The maximum Gasteiger partial charge on any atom is 0.139 e. The number of rotatable bonds is 6. The molecule has 0 bridgehead atoms. The van der Waals surface area contributed by atoms with Crippen molar-refractivity contribution in [1.82, 2.24) is 0 Å². The fourth-order valence-electron chi connectivity index (χ4n) is 1.64. The summed E-state index contributed by atoms with van der Waals surface area (Å²) in [7, 11) is 0. The Morgan fingerprint density at radius 3 is 2.48 bits per heavy atom. The van der Waals surface area contributed by atoms with Crippen LogP contribution in [0, 0.1) is 11.3 Å². The van der Waals surface area contributed by atoms with Crippen molar-refractivity contribution >= 4 is 27.5 Å². The van der Waals surface area contributed by atoms with Gasteiger partial charge in [-0.25, -0.2) is 0 Å². The molecule has 2 rings (SSSR count). The summed E-state index contributed by atoms with van der Waals surface area (Å²) >= 11 is 9.41. The minimum Gasteiger partial charge on any atom is -0.493 e. The average molecular weight is 367 g/mol. The average Bonchev–Trinajstić information content (AvgIpc) is 2.51. The normalized spacial score (nSPS) is 9.95. The molecule has 0 N–H and O–H groups in total. The molecular formula is C16H13BrClNO2. The predicted octanol–water partition coefficient (Wildman–Crippen LogP) is 4.82. The molecule has 0 amide bonds. The zero-order chi connectivity index (χ0) is 15.1. The molecule has 0 fully saturated rings. The fraction of sp³-hybridized carbons (Fsp3) is 0.188. The third kappa shape index (κ3) is 4.96. The Bertz CT molecular complexity index is 638. The van der Waals surface area contributed by atoms with Gasteiger partial charge >= 0.3 is 0 Å². The van der Waals surface area contributed by atoms with E-state index in [1.54, 1.807) is 30.3 Å². The third-order valence-corrected chi connectivity index (χ3v) is 3.50. The molecule has 0 aliphatic carbocycles. The number of benzene rings is 2. The predicted molar refractivity (Wildman–Crippen MR) is 85.9 cm³/mol. The van der Waals surface area contributed by atoms with Gasteiger partial charge in [0.05, 0.1) is 29.9 Å². The fourth-order valence-corrected chi connectivity index (χ4v) is 2.16. The lowest BCUT2D eigenvalue weighted by atomic mass is 10.2. The van der Waals surface area contributed by atoms with Crippen LogP contribution in [0.25, 0.3) is 0 Å². The summed E-state index contributed by atoms with van der Waals surface area (Å²) in [4.78, 5) is 0. The van der Waals surface area contributed by atoms with Crippen LogP contribution in [0.3, 0.4) is 0 Å². The SMILES string of the molecule is N#Cc1ccc(OCCCOc2cc(Br)ccc2Cl)cc1. The molecule has 3 nitrogen and oxygen atoms in total. The van der Waals surface area contributed by atoms with Gasteiger partial charge in [-0.05, 0) is 42.5 Å².